The first-order valence-electron chi connectivity index (χ1n) is 5.56. The lowest BCUT2D eigenvalue weighted by Crippen LogP contribution is -2.01. The van der Waals surface area contributed by atoms with E-state index in [0.717, 1.165) is 4.90 Å². The fourth-order valence-corrected chi connectivity index (χ4v) is 2.62. The number of carboxylic acid groups (broad SMARTS) is 1. The Balaban J connectivity index is 2.40. The standard InChI is InChI=1S/C14H10BrFO3S/c1-20-11-5-3-2-4-9(11)19-10-7-6-8(14(17)18)12(15)13(10)16/h2-7H,1H3,(H,17,18). The van der Waals surface area contributed by atoms with Gasteiger partial charge in [0.05, 0.1) is 10.0 Å². The Hall–Kier alpha value is -1.53. The molecule has 104 valence electrons. The van der Waals surface area contributed by atoms with Crippen LogP contribution < -0.4 is 4.74 Å². The van der Waals surface area contributed by atoms with Gasteiger partial charge in [-0.1, -0.05) is 12.1 Å². The molecule has 0 saturated heterocycles. The van der Waals surface area contributed by atoms with Gasteiger partial charge in [-0.2, -0.15) is 0 Å². The highest BCUT2D eigenvalue weighted by Gasteiger charge is 2.17. The van der Waals surface area contributed by atoms with Crippen molar-refractivity contribution in [3.8, 4) is 11.5 Å². The first kappa shape index (κ1) is 14.9. The monoisotopic (exact) mass is 356 g/mol. The number of carbonyl (C=O) groups is 1. The largest absolute Gasteiger partial charge is 0.478 e. The van der Waals surface area contributed by atoms with Crippen molar-refractivity contribution in [1.29, 1.82) is 0 Å². The summed E-state index contributed by atoms with van der Waals surface area (Å²) < 4.78 is 19.5. The van der Waals surface area contributed by atoms with Crippen LogP contribution in [0.4, 0.5) is 4.39 Å². The molecule has 20 heavy (non-hydrogen) atoms. The maximum absolute atomic E-state index is 14.1. The van der Waals surface area contributed by atoms with Crippen LogP contribution >= 0.6 is 27.7 Å². The van der Waals surface area contributed by atoms with Crippen molar-refractivity contribution in [2.75, 3.05) is 6.26 Å². The third kappa shape index (κ3) is 2.96. The number of hydrogen-bond acceptors (Lipinski definition) is 3. The van der Waals surface area contributed by atoms with Gasteiger partial charge >= 0.3 is 5.97 Å². The summed E-state index contributed by atoms with van der Waals surface area (Å²) in [6.45, 7) is 0. The molecule has 0 radical (unpaired) electrons. The van der Waals surface area contributed by atoms with Crippen molar-refractivity contribution in [1.82, 2.24) is 0 Å². The molecule has 3 nitrogen and oxygen atoms in total. The Bertz CT molecular complexity index is 661. The summed E-state index contributed by atoms with van der Waals surface area (Å²) in [6.07, 6.45) is 1.89. The highest BCUT2D eigenvalue weighted by molar-refractivity contribution is 9.10. The van der Waals surface area contributed by atoms with Crippen LogP contribution in [0, 0.1) is 5.82 Å². The highest BCUT2D eigenvalue weighted by Crippen LogP contribution is 2.35. The molecule has 0 unspecified atom stereocenters. The summed E-state index contributed by atoms with van der Waals surface area (Å²) >= 11 is 4.42. The molecule has 0 saturated carbocycles. The molecule has 0 aromatic heterocycles. The summed E-state index contributed by atoms with van der Waals surface area (Å²) in [5.74, 6) is -1.44. The number of para-hydroxylation sites is 1. The van der Waals surface area contributed by atoms with Crippen molar-refractivity contribution in [3.63, 3.8) is 0 Å². The lowest BCUT2D eigenvalue weighted by molar-refractivity contribution is 0.0695. The zero-order valence-electron chi connectivity index (χ0n) is 10.4. The van der Waals surface area contributed by atoms with Gasteiger partial charge in [-0.25, -0.2) is 9.18 Å². The van der Waals surface area contributed by atoms with Gasteiger partial charge in [0.15, 0.2) is 11.6 Å². The topological polar surface area (TPSA) is 46.5 Å². The number of thioether (sulfide) groups is 1. The third-order valence-electron chi connectivity index (χ3n) is 2.57. The van der Waals surface area contributed by atoms with Gasteiger partial charge in [-0.15, -0.1) is 11.8 Å². The number of hydrogen-bond donors (Lipinski definition) is 1. The van der Waals surface area contributed by atoms with E-state index in [2.05, 4.69) is 15.9 Å². The zero-order valence-corrected chi connectivity index (χ0v) is 12.8. The van der Waals surface area contributed by atoms with Gasteiger partial charge in [0.1, 0.15) is 5.75 Å². The quantitative estimate of drug-likeness (QED) is 0.799. The second kappa shape index (κ2) is 6.28. The van der Waals surface area contributed by atoms with Gasteiger partial charge in [0.2, 0.25) is 0 Å². The van der Waals surface area contributed by atoms with E-state index in [0.29, 0.717) is 5.75 Å². The summed E-state index contributed by atoms with van der Waals surface area (Å²) in [4.78, 5) is 11.8. The molecule has 0 aliphatic heterocycles. The van der Waals surface area contributed by atoms with Crippen LogP contribution in [0.5, 0.6) is 11.5 Å². The molecule has 0 bridgehead atoms. The molecule has 0 heterocycles. The number of benzene rings is 2. The van der Waals surface area contributed by atoms with E-state index in [1.807, 2.05) is 18.4 Å². The van der Waals surface area contributed by atoms with Crippen LogP contribution in [-0.2, 0) is 0 Å². The predicted octanol–water partition coefficient (Wildman–Crippen LogP) is 4.80. The van der Waals surface area contributed by atoms with E-state index in [1.165, 1.54) is 23.9 Å². The third-order valence-corrected chi connectivity index (χ3v) is 4.12. The minimum atomic E-state index is -1.20. The van der Waals surface area contributed by atoms with Gasteiger partial charge < -0.3 is 9.84 Å². The van der Waals surface area contributed by atoms with E-state index in [4.69, 9.17) is 9.84 Å². The first-order chi connectivity index (χ1) is 9.54. The zero-order chi connectivity index (χ0) is 14.7. The minimum Gasteiger partial charge on any atom is -0.478 e. The van der Waals surface area contributed by atoms with E-state index in [1.54, 1.807) is 12.1 Å². The van der Waals surface area contributed by atoms with E-state index >= 15 is 0 Å². The lowest BCUT2D eigenvalue weighted by Gasteiger charge is -2.11. The van der Waals surface area contributed by atoms with E-state index < -0.39 is 11.8 Å². The smallest absolute Gasteiger partial charge is 0.336 e. The molecule has 2 aromatic rings. The number of rotatable bonds is 4. The van der Waals surface area contributed by atoms with Gasteiger partial charge in [0.25, 0.3) is 0 Å². The summed E-state index contributed by atoms with van der Waals surface area (Å²) in [6, 6.07) is 9.84. The van der Waals surface area contributed by atoms with Crippen LogP contribution in [0.25, 0.3) is 0 Å². The Morgan fingerprint density at radius 3 is 2.60 bits per heavy atom. The second-order valence-corrected chi connectivity index (χ2v) is 5.44. The Kier molecular flexibility index (Phi) is 4.67. The van der Waals surface area contributed by atoms with Crippen molar-refractivity contribution >= 4 is 33.7 Å². The second-order valence-electron chi connectivity index (χ2n) is 3.80. The predicted molar refractivity (Wildman–Crippen MR) is 79.4 cm³/mol. The molecule has 1 N–H and O–H groups in total. The van der Waals surface area contributed by atoms with Crippen LogP contribution in [0.2, 0.25) is 0 Å². The van der Waals surface area contributed by atoms with Crippen LogP contribution in [0.3, 0.4) is 0 Å². The van der Waals surface area contributed by atoms with Crippen LogP contribution in [0.15, 0.2) is 45.8 Å². The Morgan fingerprint density at radius 1 is 1.25 bits per heavy atom. The Labute approximate surface area is 127 Å². The van der Waals surface area contributed by atoms with Crippen molar-refractivity contribution in [2.24, 2.45) is 0 Å². The van der Waals surface area contributed by atoms with E-state index in [-0.39, 0.29) is 15.8 Å². The van der Waals surface area contributed by atoms with Crippen LogP contribution in [-0.4, -0.2) is 17.3 Å². The molecule has 0 spiro atoms. The summed E-state index contributed by atoms with van der Waals surface area (Å²) in [5, 5.41) is 8.91. The molecule has 0 atom stereocenters. The molecular formula is C14H10BrFO3S. The summed E-state index contributed by atoms with van der Waals surface area (Å²) in [5.41, 5.74) is -0.145. The van der Waals surface area contributed by atoms with E-state index in [9.17, 15) is 9.18 Å². The van der Waals surface area contributed by atoms with Crippen molar-refractivity contribution in [2.45, 2.75) is 4.90 Å². The van der Waals surface area contributed by atoms with Gasteiger partial charge in [-0.05, 0) is 46.5 Å². The first-order valence-corrected chi connectivity index (χ1v) is 7.58. The number of halogens is 2. The van der Waals surface area contributed by atoms with Gasteiger partial charge in [0, 0.05) is 4.90 Å². The number of carboxylic acids is 1. The highest BCUT2D eigenvalue weighted by atomic mass is 79.9. The van der Waals surface area contributed by atoms with Crippen molar-refractivity contribution < 1.29 is 19.0 Å². The fraction of sp³-hybridized carbons (Fsp3) is 0.0714. The fourth-order valence-electron chi connectivity index (χ4n) is 1.60. The molecule has 2 rings (SSSR count). The van der Waals surface area contributed by atoms with Crippen LogP contribution in [0.1, 0.15) is 10.4 Å². The number of aromatic carboxylic acids is 1. The Morgan fingerprint density at radius 2 is 1.95 bits per heavy atom. The van der Waals surface area contributed by atoms with Gasteiger partial charge in [-0.3, -0.25) is 0 Å². The number of ether oxygens (including phenoxy) is 1. The molecule has 0 amide bonds. The molecule has 6 heteroatoms. The normalized spacial score (nSPS) is 10.3. The molecule has 0 aliphatic rings. The van der Waals surface area contributed by atoms with Crippen molar-refractivity contribution in [3.05, 3.63) is 52.3 Å². The molecule has 0 aliphatic carbocycles. The molecular weight excluding hydrogens is 347 g/mol. The average molecular weight is 357 g/mol. The summed E-state index contributed by atoms with van der Waals surface area (Å²) in [7, 11) is 0. The maximum atomic E-state index is 14.1. The SMILES string of the molecule is CSc1ccccc1Oc1ccc(C(=O)O)c(Br)c1F. The molecule has 0 fully saturated rings. The lowest BCUT2D eigenvalue weighted by atomic mass is 10.2. The average Bonchev–Trinajstić information content (AvgIpc) is 2.44. The maximum Gasteiger partial charge on any atom is 0.336 e. The molecule has 2 aromatic carbocycles. The minimum absolute atomic E-state index is 0.0247.